The third-order valence-electron chi connectivity index (χ3n) is 2.97. The number of benzene rings is 2. The number of ether oxygens (including phenoxy) is 1. The van der Waals surface area contributed by atoms with Crippen molar-refractivity contribution in [2.75, 3.05) is 6.61 Å². The smallest absolute Gasteiger partial charge is 0.0717 e. The first-order valence-electron chi connectivity index (χ1n) is 6.45. The fraction of sp³-hybridized carbons (Fsp3) is 0.375. The highest BCUT2D eigenvalue weighted by atomic mass is 16.5. The minimum absolute atomic E-state index is 0.731. The van der Waals surface area contributed by atoms with E-state index in [9.17, 15) is 0 Å². The largest absolute Gasteiger partial charge is 0.377 e. The average molecular weight is 228 g/mol. The molecule has 0 radical (unpaired) electrons. The molecule has 0 aliphatic carbocycles. The van der Waals surface area contributed by atoms with Gasteiger partial charge in [-0.1, -0.05) is 56.2 Å². The lowest BCUT2D eigenvalue weighted by atomic mass is 10.1. The Morgan fingerprint density at radius 1 is 0.941 bits per heavy atom. The van der Waals surface area contributed by atoms with Gasteiger partial charge in [0.1, 0.15) is 0 Å². The van der Waals surface area contributed by atoms with Crippen LogP contribution in [-0.2, 0) is 11.3 Å². The Morgan fingerprint density at radius 2 is 1.76 bits per heavy atom. The zero-order valence-corrected chi connectivity index (χ0v) is 10.5. The first kappa shape index (κ1) is 12.1. The standard InChI is InChI=1S/C16H20O/c1-2-3-6-11-17-13-14-9-10-15-7-4-5-8-16(15)12-14/h4-5,7-10,12H,2-3,6,11,13H2,1H3. The lowest BCUT2D eigenvalue weighted by Gasteiger charge is -2.05. The van der Waals surface area contributed by atoms with Crippen LogP contribution >= 0.6 is 0 Å². The Labute approximate surface area is 103 Å². The molecule has 2 rings (SSSR count). The third-order valence-corrected chi connectivity index (χ3v) is 2.97. The second kappa shape index (κ2) is 6.41. The maximum Gasteiger partial charge on any atom is 0.0717 e. The lowest BCUT2D eigenvalue weighted by Crippen LogP contribution is -1.95. The average Bonchev–Trinajstić information content (AvgIpc) is 2.38. The van der Waals surface area contributed by atoms with E-state index in [1.165, 1.54) is 35.6 Å². The highest BCUT2D eigenvalue weighted by molar-refractivity contribution is 5.82. The van der Waals surface area contributed by atoms with Crippen LogP contribution < -0.4 is 0 Å². The van der Waals surface area contributed by atoms with Gasteiger partial charge in [-0.3, -0.25) is 0 Å². The minimum Gasteiger partial charge on any atom is -0.377 e. The van der Waals surface area contributed by atoms with Crippen LogP contribution in [0.1, 0.15) is 31.7 Å². The molecule has 17 heavy (non-hydrogen) atoms. The van der Waals surface area contributed by atoms with Crippen molar-refractivity contribution >= 4 is 10.8 Å². The SMILES string of the molecule is CCCCCOCc1ccc2ccccc2c1. The second-order valence-corrected chi connectivity index (χ2v) is 4.44. The van der Waals surface area contributed by atoms with E-state index in [4.69, 9.17) is 4.74 Å². The summed E-state index contributed by atoms with van der Waals surface area (Å²) in [4.78, 5) is 0. The van der Waals surface area contributed by atoms with Crippen molar-refractivity contribution in [3.63, 3.8) is 0 Å². The van der Waals surface area contributed by atoms with Gasteiger partial charge in [-0.25, -0.2) is 0 Å². The van der Waals surface area contributed by atoms with Gasteiger partial charge in [0.15, 0.2) is 0 Å². The Kier molecular flexibility index (Phi) is 4.57. The molecule has 1 nitrogen and oxygen atoms in total. The van der Waals surface area contributed by atoms with Gasteiger partial charge >= 0.3 is 0 Å². The fourth-order valence-corrected chi connectivity index (χ4v) is 1.97. The van der Waals surface area contributed by atoms with E-state index in [0.717, 1.165) is 13.2 Å². The van der Waals surface area contributed by atoms with Gasteiger partial charge < -0.3 is 4.74 Å². The van der Waals surface area contributed by atoms with Gasteiger partial charge in [-0.05, 0) is 28.8 Å². The predicted molar refractivity (Wildman–Crippen MR) is 73.1 cm³/mol. The monoisotopic (exact) mass is 228 g/mol. The summed E-state index contributed by atoms with van der Waals surface area (Å²) in [5, 5.41) is 2.59. The predicted octanol–water partition coefficient (Wildman–Crippen LogP) is 4.55. The summed E-state index contributed by atoms with van der Waals surface area (Å²) in [5.74, 6) is 0. The molecule has 0 aliphatic rings. The van der Waals surface area contributed by atoms with Crippen molar-refractivity contribution in [2.24, 2.45) is 0 Å². The van der Waals surface area contributed by atoms with Crippen LogP contribution in [0, 0.1) is 0 Å². The molecule has 2 aromatic carbocycles. The van der Waals surface area contributed by atoms with Crippen molar-refractivity contribution in [3.8, 4) is 0 Å². The molecule has 0 amide bonds. The van der Waals surface area contributed by atoms with Gasteiger partial charge in [-0.15, -0.1) is 0 Å². The first-order valence-corrected chi connectivity index (χ1v) is 6.45. The molecule has 0 fully saturated rings. The summed E-state index contributed by atoms with van der Waals surface area (Å²) in [6.45, 7) is 3.82. The van der Waals surface area contributed by atoms with Crippen LogP contribution in [-0.4, -0.2) is 6.61 Å². The fourth-order valence-electron chi connectivity index (χ4n) is 1.97. The van der Waals surface area contributed by atoms with Crippen LogP contribution in [0.2, 0.25) is 0 Å². The van der Waals surface area contributed by atoms with E-state index in [-0.39, 0.29) is 0 Å². The van der Waals surface area contributed by atoms with Gasteiger partial charge in [-0.2, -0.15) is 0 Å². The molecule has 0 saturated heterocycles. The number of hydrogen-bond donors (Lipinski definition) is 0. The molecule has 0 bridgehead atoms. The number of unbranched alkanes of at least 4 members (excludes halogenated alkanes) is 2. The Balaban J connectivity index is 1.90. The molecule has 0 unspecified atom stereocenters. The maximum absolute atomic E-state index is 5.67. The molecule has 0 saturated carbocycles. The molecule has 0 spiro atoms. The van der Waals surface area contributed by atoms with Crippen LogP contribution in [0.5, 0.6) is 0 Å². The van der Waals surface area contributed by atoms with Gasteiger partial charge in [0.25, 0.3) is 0 Å². The van der Waals surface area contributed by atoms with E-state index in [1.54, 1.807) is 0 Å². The summed E-state index contributed by atoms with van der Waals surface area (Å²) in [6, 6.07) is 15.0. The molecular weight excluding hydrogens is 208 g/mol. The molecule has 0 aliphatic heterocycles. The van der Waals surface area contributed by atoms with Crippen molar-refractivity contribution in [1.82, 2.24) is 0 Å². The van der Waals surface area contributed by atoms with Crippen LogP contribution in [0.15, 0.2) is 42.5 Å². The van der Waals surface area contributed by atoms with Crippen LogP contribution in [0.4, 0.5) is 0 Å². The molecule has 1 heteroatoms. The molecular formula is C16H20O. The summed E-state index contributed by atoms with van der Waals surface area (Å²) < 4.78 is 5.67. The topological polar surface area (TPSA) is 9.23 Å². The van der Waals surface area contributed by atoms with Gasteiger partial charge in [0.05, 0.1) is 6.61 Å². The van der Waals surface area contributed by atoms with Gasteiger partial charge in [0, 0.05) is 6.61 Å². The van der Waals surface area contributed by atoms with Gasteiger partial charge in [0.2, 0.25) is 0 Å². The van der Waals surface area contributed by atoms with Crippen molar-refractivity contribution < 1.29 is 4.74 Å². The zero-order valence-electron chi connectivity index (χ0n) is 10.5. The quantitative estimate of drug-likeness (QED) is 0.659. The zero-order chi connectivity index (χ0) is 11.9. The van der Waals surface area contributed by atoms with E-state index in [2.05, 4.69) is 49.4 Å². The summed E-state index contributed by atoms with van der Waals surface area (Å²) in [6.07, 6.45) is 3.68. The summed E-state index contributed by atoms with van der Waals surface area (Å²) in [5.41, 5.74) is 1.26. The lowest BCUT2D eigenvalue weighted by molar-refractivity contribution is 0.117. The minimum atomic E-state index is 0.731. The molecule has 0 atom stereocenters. The highest BCUT2D eigenvalue weighted by Crippen LogP contribution is 2.16. The summed E-state index contributed by atoms with van der Waals surface area (Å²) in [7, 11) is 0. The van der Waals surface area contributed by atoms with Crippen molar-refractivity contribution in [3.05, 3.63) is 48.0 Å². The number of rotatable bonds is 6. The van der Waals surface area contributed by atoms with E-state index in [1.807, 2.05) is 0 Å². The normalized spacial score (nSPS) is 10.9. The summed E-state index contributed by atoms with van der Waals surface area (Å²) >= 11 is 0. The highest BCUT2D eigenvalue weighted by Gasteiger charge is 1.96. The first-order chi connectivity index (χ1) is 8.40. The Bertz CT molecular complexity index is 462. The van der Waals surface area contributed by atoms with Crippen molar-refractivity contribution in [2.45, 2.75) is 32.8 Å². The van der Waals surface area contributed by atoms with E-state index >= 15 is 0 Å². The number of hydrogen-bond acceptors (Lipinski definition) is 1. The van der Waals surface area contributed by atoms with Crippen molar-refractivity contribution in [1.29, 1.82) is 0 Å². The molecule has 0 heterocycles. The molecule has 2 aromatic rings. The number of fused-ring (bicyclic) bond motifs is 1. The Morgan fingerprint density at radius 3 is 2.59 bits per heavy atom. The van der Waals surface area contributed by atoms with E-state index in [0.29, 0.717) is 0 Å². The van der Waals surface area contributed by atoms with Crippen LogP contribution in [0.3, 0.4) is 0 Å². The third kappa shape index (κ3) is 3.57. The Hall–Kier alpha value is -1.34. The maximum atomic E-state index is 5.67. The molecule has 90 valence electrons. The molecule has 0 N–H and O–H groups in total. The van der Waals surface area contributed by atoms with E-state index < -0.39 is 0 Å². The second-order valence-electron chi connectivity index (χ2n) is 4.44. The molecule has 0 aromatic heterocycles. The van der Waals surface area contributed by atoms with Crippen LogP contribution in [0.25, 0.3) is 10.8 Å².